The van der Waals surface area contributed by atoms with Crippen molar-refractivity contribution in [1.82, 2.24) is 5.32 Å². The van der Waals surface area contributed by atoms with Gasteiger partial charge in [0.25, 0.3) is 0 Å². The molecule has 2 aliphatic rings. The summed E-state index contributed by atoms with van der Waals surface area (Å²) in [6.45, 7) is 11.0. The first-order chi connectivity index (χ1) is 14.0. The van der Waals surface area contributed by atoms with Crippen molar-refractivity contribution in [2.24, 2.45) is 23.7 Å². The summed E-state index contributed by atoms with van der Waals surface area (Å²) in [4.78, 5) is 11.4. The quantitative estimate of drug-likeness (QED) is 0.436. The van der Waals surface area contributed by atoms with Crippen molar-refractivity contribution in [3.63, 3.8) is 0 Å². The zero-order chi connectivity index (χ0) is 21.0. The third-order valence-electron chi connectivity index (χ3n) is 6.79. The molecular formula is C27H35NO. The van der Waals surface area contributed by atoms with Gasteiger partial charge in [-0.25, -0.2) is 0 Å². The number of hydrogen-bond donors (Lipinski definition) is 1. The van der Waals surface area contributed by atoms with Gasteiger partial charge >= 0.3 is 0 Å². The monoisotopic (exact) mass is 389 g/mol. The molecule has 0 fully saturated rings. The van der Waals surface area contributed by atoms with E-state index in [1.165, 1.54) is 28.1 Å². The summed E-state index contributed by atoms with van der Waals surface area (Å²) in [5, 5.41) is 3.59. The molecule has 1 heterocycles. The summed E-state index contributed by atoms with van der Waals surface area (Å²) in [7, 11) is 0. The minimum absolute atomic E-state index is 0.125. The van der Waals surface area contributed by atoms with Crippen LogP contribution in [-0.4, -0.2) is 6.29 Å². The zero-order valence-electron chi connectivity index (χ0n) is 18.6. The SMILES string of the molecule is CCc1ccccc1C(C)C1C#C[C@H]2C(=CC1)NC(C)=C2CC[C@@H](C=O)C(C)C. The average molecular weight is 390 g/mol. The Labute approximate surface area is 176 Å². The smallest absolute Gasteiger partial charge is 0.123 e. The summed E-state index contributed by atoms with van der Waals surface area (Å²) >= 11 is 0. The van der Waals surface area contributed by atoms with Gasteiger partial charge in [-0.1, -0.05) is 69.9 Å². The van der Waals surface area contributed by atoms with Gasteiger partial charge in [0.2, 0.25) is 0 Å². The van der Waals surface area contributed by atoms with Crippen LogP contribution in [0.2, 0.25) is 0 Å². The largest absolute Gasteiger partial charge is 0.361 e. The number of aryl methyl sites for hydroxylation is 1. The molecule has 3 rings (SSSR count). The number of aldehydes is 1. The lowest BCUT2D eigenvalue weighted by molar-refractivity contribution is -0.112. The molecule has 0 bridgehead atoms. The average Bonchev–Trinajstić information content (AvgIpc) is 2.88. The van der Waals surface area contributed by atoms with Crippen LogP contribution in [0.15, 0.2) is 47.3 Å². The Morgan fingerprint density at radius 1 is 1.21 bits per heavy atom. The molecule has 2 unspecified atom stereocenters. The molecule has 0 aromatic heterocycles. The van der Waals surface area contributed by atoms with Gasteiger partial charge in [-0.3, -0.25) is 0 Å². The van der Waals surface area contributed by atoms with Crippen LogP contribution in [-0.2, 0) is 11.2 Å². The fourth-order valence-electron chi connectivity index (χ4n) is 4.67. The summed E-state index contributed by atoms with van der Waals surface area (Å²) in [6.07, 6.45) is 7.37. The number of benzene rings is 1. The third-order valence-corrected chi connectivity index (χ3v) is 6.79. The highest BCUT2D eigenvalue weighted by Gasteiger charge is 2.30. The van der Waals surface area contributed by atoms with Gasteiger partial charge in [0, 0.05) is 23.2 Å². The van der Waals surface area contributed by atoms with Gasteiger partial charge in [0.15, 0.2) is 0 Å². The molecule has 0 radical (unpaired) electrons. The van der Waals surface area contributed by atoms with E-state index in [0.29, 0.717) is 17.8 Å². The Balaban J connectivity index is 1.78. The molecule has 2 heteroatoms. The van der Waals surface area contributed by atoms with Crippen LogP contribution in [0.3, 0.4) is 0 Å². The number of hydrogen-bond acceptors (Lipinski definition) is 2. The summed E-state index contributed by atoms with van der Waals surface area (Å²) in [6, 6.07) is 8.79. The lowest BCUT2D eigenvalue weighted by Crippen LogP contribution is -2.11. The molecule has 0 saturated carbocycles. The Hall–Kier alpha value is -2.27. The second-order valence-corrected chi connectivity index (χ2v) is 8.92. The van der Waals surface area contributed by atoms with Crippen LogP contribution in [0.5, 0.6) is 0 Å². The minimum Gasteiger partial charge on any atom is -0.361 e. The standard InChI is InChI=1S/C27H35NO/c1-6-21-9-7-8-10-24(21)19(4)22-11-15-26-25(14-12-23(17-29)18(2)3)20(5)28-27(26)16-13-22/h7-10,16-19,22-23,26,28H,6,12-14H2,1-5H3/t19?,22?,23-,26+/m0/s1. The first-order valence-electron chi connectivity index (χ1n) is 11.2. The highest BCUT2D eigenvalue weighted by molar-refractivity contribution is 5.54. The van der Waals surface area contributed by atoms with E-state index in [1.807, 2.05) is 0 Å². The van der Waals surface area contributed by atoms with E-state index in [2.05, 4.69) is 82.1 Å². The minimum atomic E-state index is 0.125. The van der Waals surface area contributed by atoms with Gasteiger partial charge in [-0.15, -0.1) is 0 Å². The van der Waals surface area contributed by atoms with E-state index >= 15 is 0 Å². The lowest BCUT2D eigenvalue weighted by atomic mass is 9.83. The topological polar surface area (TPSA) is 29.1 Å². The molecule has 1 aromatic carbocycles. The molecule has 2 nitrogen and oxygen atoms in total. The van der Waals surface area contributed by atoms with E-state index in [1.54, 1.807) is 0 Å². The second-order valence-electron chi connectivity index (χ2n) is 8.92. The number of nitrogens with one attached hydrogen (secondary N) is 1. The van der Waals surface area contributed by atoms with Gasteiger partial charge < -0.3 is 10.1 Å². The molecule has 4 atom stereocenters. The van der Waals surface area contributed by atoms with Gasteiger partial charge in [0.1, 0.15) is 6.29 Å². The van der Waals surface area contributed by atoms with Crippen LogP contribution in [0.1, 0.15) is 70.9 Å². The molecule has 0 spiro atoms. The van der Waals surface area contributed by atoms with Crippen molar-refractivity contribution in [1.29, 1.82) is 0 Å². The molecule has 1 aromatic rings. The predicted molar refractivity (Wildman–Crippen MR) is 121 cm³/mol. The van der Waals surface area contributed by atoms with E-state index < -0.39 is 0 Å². The maximum absolute atomic E-state index is 11.4. The van der Waals surface area contributed by atoms with Gasteiger partial charge in [-0.2, -0.15) is 0 Å². The highest BCUT2D eigenvalue weighted by Crippen LogP contribution is 2.37. The van der Waals surface area contributed by atoms with E-state index in [9.17, 15) is 4.79 Å². The Kier molecular flexibility index (Phi) is 7.01. The van der Waals surface area contributed by atoms with Crippen molar-refractivity contribution in [2.75, 3.05) is 0 Å². The van der Waals surface area contributed by atoms with E-state index in [4.69, 9.17) is 0 Å². The molecule has 0 saturated heterocycles. The van der Waals surface area contributed by atoms with Crippen LogP contribution in [0.25, 0.3) is 0 Å². The number of rotatable bonds is 8. The van der Waals surface area contributed by atoms with Crippen molar-refractivity contribution in [3.8, 4) is 11.8 Å². The first kappa shape index (κ1) is 21.4. The summed E-state index contributed by atoms with van der Waals surface area (Å²) < 4.78 is 0. The molecule has 29 heavy (non-hydrogen) atoms. The van der Waals surface area contributed by atoms with Crippen molar-refractivity contribution in [2.45, 2.75) is 66.2 Å². The number of carbonyl (C=O) groups is 1. The zero-order valence-corrected chi connectivity index (χ0v) is 18.6. The third kappa shape index (κ3) is 4.67. The van der Waals surface area contributed by atoms with Crippen molar-refractivity contribution >= 4 is 6.29 Å². The van der Waals surface area contributed by atoms with Crippen LogP contribution in [0.4, 0.5) is 0 Å². The maximum atomic E-state index is 11.4. The highest BCUT2D eigenvalue weighted by atomic mass is 16.1. The Morgan fingerprint density at radius 2 is 1.97 bits per heavy atom. The Morgan fingerprint density at radius 3 is 2.66 bits per heavy atom. The van der Waals surface area contributed by atoms with Crippen LogP contribution >= 0.6 is 0 Å². The van der Waals surface area contributed by atoms with Crippen molar-refractivity contribution < 1.29 is 4.79 Å². The van der Waals surface area contributed by atoms with Crippen molar-refractivity contribution in [3.05, 3.63) is 58.4 Å². The van der Waals surface area contributed by atoms with Crippen LogP contribution < -0.4 is 5.32 Å². The van der Waals surface area contributed by atoms with Crippen LogP contribution in [0, 0.1) is 35.5 Å². The van der Waals surface area contributed by atoms with Gasteiger partial charge in [-0.05, 0) is 61.1 Å². The molecule has 154 valence electrons. The number of fused-ring (bicyclic) bond motifs is 1. The lowest BCUT2D eigenvalue weighted by Gasteiger charge is -2.21. The van der Waals surface area contributed by atoms with Gasteiger partial charge in [0.05, 0.1) is 5.92 Å². The maximum Gasteiger partial charge on any atom is 0.123 e. The fraction of sp³-hybridized carbons (Fsp3) is 0.519. The normalized spacial score (nSPS) is 22.8. The molecular weight excluding hydrogens is 354 g/mol. The molecule has 0 amide bonds. The van der Waals surface area contributed by atoms with E-state index in [0.717, 1.165) is 32.0 Å². The molecule has 1 N–H and O–H groups in total. The number of allylic oxidation sites excluding steroid dienone is 3. The predicted octanol–water partition coefficient (Wildman–Crippen LogP) is 6.00. The number of carbonyl (C=O) groups excluding carboxylic acids is 1. The molecule has 1 aliphatic carbocycles. The first-order valence-corrected chi connectivity index (χ1v) is 11.2. The fourth-order valence-corrected chi connectivity index (χ4v) is 4.67. The van der Waals surface area contributed by atoms with E-state index in [-0.39, 0.29) is 11.8 Å². The summed E-state index contributed by atoms with van der Waals surface area (Å²) in [5.41, 5.74) is 6.72. The summed E-state index contributed by atoms with van der Waals surface area (Å²) in [5.74, 6) is 8.68. The molecule has 1 aliphatic heterocycles. The Bertz CT molecular complexity index is 864. The second kappa shape index (κ2) is 9.49.